The van der Waals surface area contributed by atoms with Crippen molar-refractivity contribution in [3.63, 3.8) is 0 Å². The maximum Gasteiger partial charge on any atom is 1.00 e. The quantitative estimate of drug-likeness (QED) is 0.107. The van der Waals surface area contributed by atoms with E-state index in [1.165, 1.54) is 128 Å². The van der Waals surface area contributed by atoms with Crippen LogP contribution in [-0.2, 0) is 19.6 Å². The first-order valence-corrected chi connectivity index (χ1v) is 15.2. The first-order chi connectivity index (χ1) is 15.8. The molecule has 0 aromatic carbocycles. The Labute approximate surface area is 234 Å². The molecule has 0 aliphatic rings. The predicted molar refractivity (Wildman–Crippen MR) is 140 cm³/mol. The summed E-state index contributed by atoms with van der Waals surface area (Å²) < 4.78 is 32.8. The van der Waals surface area contributed by atoms with E-state index in [9.17, 15) is 13.2 Å². The third-order valence-corrected chi connectivity index (χ3v) is 6.20. The van der Waals surface area contributed by atoms with E-state index in [0.29, 0.717) is 0 Å². The summed E-state index contributed by atoms with van der Waals surface area (Å²) in [6, 6.07) is 0. The van der Waals surface area contributed by atoms with Gasteiger partial charge < -0.3 is 11.3 Å². The van der Waals surface area contributed by atoms with E-state index in [1.54, 1.807) is 0 Å². The van der Waals surface area contributed by atoms with E-state index in [1.807, 2.05) is 0 Å². The summed E-state index contributed by atoms with van der Waals surface area (Å²) in [6.45, 7) is 6.57. The summed E-state index contributed by atoms with van der Waals surface area (Å²) in [5.41, 5.74) is 0. The standard InChI is InChI=1S/C24H50O.C2H4O5S.Na.H/c1-3-5-7-9-11-13-15-17-19-21-23-25-24-22-20-18-16-14-12-10-8-6-4-2;3-2(4)1-8(5,6)7;;/h3-24H2,1-2H3;1H2,(H,3,4)(H,5,6,7);;/q;;+1;-1. The van der Waals surface area contributed by atoms with Crippen molar-refractivity contribution in [2.45, 2.75) is 142 Å². The molecule has 0 aromatic heterocycles. The zero-order valence-electron chi connectivity index (χ0n) is 23.7. The monoisotopic (exact) mass is 518 g/mol. The van der Waals surface area contributed by atoms with Crippen molar-refractivity contribution in [2.24, 2.45) is 0 Å². The Bertz CT molecular complexity index is 484. The predicted octanol–water partition coefficient (Wildman–Crippen LogP) is 4.92. The molecule has 202 valence electrons. The number of ether oxygens (including phenoxy) is 1. The fourth-order valence-electron chi connectivity index (χ4n) is 3.64. The van der Waals surface area contributed by atoms with Crippen LogP contribution in [0, 0.1) is 0 Å². The molecule has 0 amide bonds. The van der Waals surface area contributed by atoms with Gasteiger partial charge in [-0.2, -0.15) is 8.42 Å². The number of hydrogen-bond donors (Lipinski definition) is 2. The van der Waals surface area contributed by atoms with E-state index in [0.717, 1.165) is 13.2 Å². The Morgan fingerprint density at radius 1 is 0.618 bits per heavy atom. The minimum Gasteiger partial charge on any atom is -1.00 e. The number of rotatable bonds is 24. The average molecular weight is 519 g/mol. The second kappa shape index (κ2) is 31.4. The van der Waals surface area contributed by atoms with Gasteiger partial charge in [-0.05, 0) is 12.8 Å². The second-order valence-electron chi connectivity index (χ2n) is 9.10. The molecule has 0 rings (SSSR count). The van der Waals surface area contributed by atoms with Gasteiger partial charge in [0.15, 0.2) is 5.75 Å². The normalized spacial score (nSPS) is 10.9. The van der Waals surface area contributed by atoms with Crippen molar-refractivity contribution >= 4 is 16.1 Å². The number of hydrogen-bond acceptors (Lipinski definition) is 4. The smallest absolute Gasteiger partial charge is 1.00 e. The molecular formula is C26H55NaO6S. The molecule has 8 heteroatoms. The van der Waals surface area contributed by atoms with Crippen LogP contribution in [0.3, 0.4) is 0 Å². The summed E-state index contributed by atoms with van der Waals surface area (Å²) in [4.78, 5) is 9.48. The summed E-state index contributed by atoms with van der Waals surface area (Å²) in [5, 5.41) is 7.71. The molecule has 0 saturated heterocycles. The van der Waals surface area contributed by atoms with Crippen LogP contribution >= 0.6 is 0 Å². The summed E-state index contributed by atoms with van der Waals surface area (Å²) >= 11 is 0. The van der Waals surface area contributed by atoms with E-state index in [-0.39, 0.29) is 31.0 Å². The molecule has 0 fully saturated rings. The first kappa shape index (κ1) is 38.9. The van der Waals surface area contributed by atoms with Gasteiger partial charge in [-0.15, -0.1) is 0 Å². The molecule has 34 heavy (non-hydrogen) atoms. The molecule has 0 saturated carbocycles. The van der Waals surface area contributed by atoms with Crippen LogP contribution in [0.15, 0.2) is 0 Å². The van der Waals surface area contributed by atoms with Crippen molar-refractivity contribution < 1.29 is 58.6 Å². The van der Waals surface area contributed by atoms with Gasteiger partial charge in [0.25, 0.3) is 10.1 Å². The van der Waals surface area contributed by atoms with Crippen LogP contribution < -0.4 is 29.6 Å². The molecule has 0 aliphatic heterocycles. The molecule has 0 atom stereocenters. The van der Waals surface area contributed by atoms with Crippen LogP contribution in [0.2, 0.25) is 0 Å². The van der Waals surface area contributed by atoms with Crippen LogP contribution in [0.5, 0.6) is 0 Å². The Kier molecular flexibility index (Phi) is 35.9. The minimum atomic E-state index is -4.32. The summed E-state index contributed by atoms with van der Waals surface area (Å²) in [7, 11) is -4.32. The zero-order chi connectivity index (χ0) is 25.0. The van der Waals surface area contributed by atoms with E-state index in [2.05, 4.69) is 13.8 Å². The van der Waals surface area contributed by atoms with Crippen molar-refractivity contribution in [2.75, 3.05) is 19.0 Å². The maximum absolute atomic E-state index is 9.62. The second-order valence-corrected chi connectivity index (χ2v) is 10.5. The van der Waals surface area contributed by atoms with Crippen molar-refractivity contribution in [3.05, 3.63) is 0 Å². The molecule has 0 radical (unpaired) electrons. The molecular weight excluding hydrogens is 463 g/mol. The van der Waals surface area contributed by atoms with Crippen LogP contribution in [0.1, 0.15) is 144 Å². The number of carboxylic acid groups (broad SMARTS) is 1. The van der Waals surface area contributed by atoms with Gasteiger partial charge in [0, 0.05) is 13.2 Å². The van der Waals surface area contributed by atoms with Crippen molar-refractivity contribution in [1.82, 2.24) is 0 Å². The fourth-order valence-corrected chi connectivity index (χ4v) is 3.95. The number of aliphatic carboxylic acids is 1. The Morgan fingerprint density at radius 2 is 0.882 bits per heavy atom. The Hall–Kier alpha value is 0.340. The van der Waals surface area contributed by atoms with Crippen LogP contribution in [-0.4, -0.2) is 43.0 Å². The van der Waals surface area contributed by atoms with Gasteiger partial charge in [-0.1, -0.05) is 129 Å². The van der Waals surface area contributed by atoms with E-state index < -0.39 is 21.8 Å². The molecule has 0 aromatic rings. The third-order valence-electron chi connectivity index (χ3n) is 5.59. The molecule has 0 spiro atoms. The number of carbonyl (C=O) groups is 1. The van der Waals surface area contributed by atoms with E-state index in [4.69, 9.17) is 14.4 Å². The van der Waals surface area contributed by atoms with Gasteiger partial charge in [0.05, 0.1) is 0 Å². The Balaban J connectivity index is -0.000000412. The zero-order valence-corrected chi connectivity index (χ0v) is 25.5. The molecule has 6 nitrogen and oxygen atoms in total. The molecule has 0 aliphatic carbocycles. The molecule has 0 bridgehead atoms. The van der Waals surface area contributed by atoms with Crippen LogP contribution in [0.4, 0.5) is 0 Å². The van der Waals surface area contributed by atoms with Crippen molar-refractivity contribution in [3.8, 4) is 0 Å². The van der Waals surface area contributed by atoms with E-state index >= 15 is 0 Å². The van der Waals surface area contributed by atoms with Gasteiger partial charge >= 0.3 is 35.5 Å². The SMILES string of the molecule is CCCCCCCCCCCCOCCCCCCCCCCCC.O=C(O)CS(=O)(=O)O.[H-].[Na+]. The summed E-state index contributed by atoms with van der Waals surface area (Å²) in [6.07, 6.45) is 28.2. The molecule has 0 heterocycles. The fraction of sp³-hybridized carbons (Fsp3) is 0.962. The first-order valence-electron chi connectivity index (χ1n) is 13.6. The van der Waals surface area contributed by atoms with Crippen molar-refractivity contribution in [1.29, 1.82) is 0 Å². The van der Waals surface area contributed by atoms with Gasteiger partial charge in [-0.25, -0.2) is 0 Å². The Morgan fingerprint density at radius 3 is 1.09 bits per heavy atom. The minimum absolute atomic E-state index is 0. The third kappa shape index (κ3) is 42.5. The van der Waals surface area contributed by atoms with Gasteiger partial charge in [0.1, 0.15) is 0 Å². The van der Waals surface area contributed by atoms with Crippen LogP contribution in [0.25, 0.3) is 0 Å². The topological polar surface area (TPSA) is 101 Å². The van der Waals surface area contributed by atoms with Gasteiger partial charge in [0.2, 0.25) is 0 Å². The number of unbranched alkanes of at least 4 members (excludes halogenated alkanes) is 18. The molecule has 2 N–H and O–H groups in total. The average Bonchev–Trinajstić information content (AvgIpc) is 2.73. The number of carboxylic acids is 1. The molecule has 0 unspecified atom stereocenters. The largest absolute Gasteiger partial charge is 1.00 e. The van der Waals surface area contributed by atoms with Gasteiger partial charge in [-0.3, -0.25) is 9.35 Å². The maximum atomic E-state index is 9.62. The summed E-state index contributed by atoms with van der Waals surface area (Å²) in [5.74, 6) is -2.79.